The van der Waals surface area contributed by atoms with Gasteiger partial charge in [0.25, 0.3) is 0 Å². The van der Waals surface area contributed by atoms with Crippen molar-refractivity contribution >= 4 is 34.2 Å². The van der Waals surface area contributed by atoms with Crippen molar-refractivity contribution in [1.82, 2.24) is 0 Å². The van der Waals surface area contributed by atoms with E-state index in [4.69, 9.17) is 11.6 Å². The number of alkyl halides is 1. The Morgan fingerprint density at radius 2 is 1.85 bits per heavy atom. The minimum Gasteiger partial charge on any atom is -0.126 e. The maximum atomic E-state index is 5.55. The molecule has 0 aliphatic heterocycles. The van der Waals surface area contributed by atoms with Gasteiger partial charge in [-0.15, -0.1) is 11.6 Å². The summed E-state index contributed by atoms with van der Waals surface area (Å²) in [5.74, 6) is 0.711. The summed E-state index contributed by atoms with van der Waals surface area (Å²) in [5, 5.41) is 0. The maximum Gasteiger partial charge on any atom is 0.0258 e. The first kappa shape index (κ1) is 11.1. The smallest absolute Gasteiger partial charge is 0.0258 e. The monoisotopic (exact) mass is 306 g/mol. The van der Waals surface area contributed by atoms with Crippen LogP contribution < -0.4 is 0 Å². The summed E-state index contributed by atoms with van der Waals surface area (Å²) in [6.45, 7) is 0. The molecule has 0 unspecified atom stereocenters. The Hall–Kier alpha value is -0.0200. The third kappa shape index (κ3) is 4.67. The summed E-state index contributed by atoms with van der Waals surface area (Å²) in [6, 6.07) is 8.58. The minimum absolute atomic E-state index is 0.711. The van der Waals surface area contributed by atoms with E-state index < -0.39 is 0 Å². The van der Waals surface area contributed by atoms with Crippen LogP contribution in [-0.2, 0) is 6.42 Å². The molecule has 13 heavy (non-hydrogen) atoms. The van der Waals surface area contributed by atoms with Gasteiger partial charge in [-0.2, -0.15) is 0 Å². The normalized spacial score (nSPS) is 10.9. The highest BCUT2D eigenvalue weighted by molar-refractivity contribution is 14.1. The topological polar surface area (TPSA) is 0 Å². The van der Waals surface area contributed by atoms with Crippen molar-refractivity contribution in [2.75, 3.05) is 5.88 Å². The molecule has 0 fully saturated rings. The molecule has 0 heterocycles. The fourth-order valence-corrected chi connectivity index (χ4v) is 1.51. The summed E-state index contributed by atoms with van der Waals surface area (Å²) in [6.07, 6.45) is 6.27. The molecule has 1 aromatic rings. The van der Waals surface area contributed by atoms with Gasteiger partial charge in [0.15, 0.2) is 0 Å². The van der Waals surface area contributed by atoms with E-state index in [1.165, 1.54) is 9.13 Å². The second kappa shape index (κ2) is 6.44. The van der Waals surface area contributed by atoms with Crippen LogP contribution in [0.3, 0.4) is 0 Å². The van der Waals surface area contributed by atoms with Crippen molar-refractivity contribution in [2.24, 2.45) is 0 Å². The van der Waals surface area contributed by atoms with Gasteiger partial charge in [0.05, 0.1) is 0 Å². The van der Waals surface area contributed by atoms with Crippen molar-refractivity contribution < 1.29 is 0 Å². The third-order valence-electron chi connectivity index (χ3n) is 1.71. The third-order valence-corrected chi connectivity index (χ3v) is 2.65. The van der Waals surface area contributed by atoms with Gasteiger partial charge in [0.1, 0.15) is 0 Å². The van der Waals surface area contributed by atoms with Gasteiger partial charge in [0, 0.05) is 9.45 Å². The second-order valence-electron chi connectivity index (χ2n) is 2.78. The molecule has 1 aromatic carbocycles. The molecule has 0 nitrogen and oxygen atoms in total. The van der Waals surface area contributed by atoms with Gasteiger partial charge in [-0.3, -0.25) is 0 Å². The van der Waals surface area contributed by atoms with Crippen molar-refractivity contribution in [1.29, 1.82) is 0 Å². The van der Waals surface area contributed by atoms with Crippen LogP contribution in [0.25, 0.3) is 0 Å². The van der Waals surface area contributed by atoms with Gasteiger partial charge in [-0.05, 0) is 53.1 Å². The van der Waals surface area contributed by atoms with Gasteiger partial charge < -0.3 is 0 Å². The van der Waals surface area contributed by atoms with Crippen molar-refractivity contribution in [2.45, 2.75) is 12.8 Å². The number of allylic oxidation sites excluding steroid dienone is 2. The molecule has 0 spiro atoms. The van der Waals surface area contributed by atoms with E-state index in [0.29, 0.717) is 5.88 Å². The molecular formula is C11H12ClI. The Kier molecular flexibility index (Phi) is 5.47. The first-order valence-electron chi connectivity index (χ1n) is 4.28. The average Bonchev–Trinajstić information content (AvgIpc) is 2.15. The summed E-state index contributed by atoms with van der Waals surface area (Å²) >= 11 is 7.86. The SMILES string of the molecule is ClCCC=CCc1ccc(I)cc1. The van der Waals surface area contributed by atoms with Gasteiger partial charge in [-0.25, -0.2) is 0 Å². The zero-order chi connectivity index (χ0) is 9.52. The molecule has 0 amide bonds. The summed E-state index contributed by atoms with van der Waals surface area (Å²) in [5.41, 5.74) is 1.35. The Labute approximate surface area is 98.1 Å². The van der Waals surface area contributed by atoms with Crippen molar-refractivity contribution in [3.8, 4) is 0 Å². The Balaban J connectivity index is 2.41. The molecule has 70 valence electrons. The second-order valence-corrected chi connectivity index (χ2v) is 4.40. The van der Waals surface area contributed by atoms with Crippen LogP contribution in [0.4, 0.5) is 0 Å². The molecule has 1 rings (SSSR count). The molecule has 0 atom stereocenters. The molecule has 0 aliphatic carbocycles. The van der Waals surface area contributed by atoms with E-state index in [0.717, 1.165) is 12.8 Å². The first-order chi connectivity index (χ1) is 6.33. The van der Waals surface area contributed by atoms with Crippen LogP contribution in [0.15, 0.2) is 36.4 Å². The van der Waals surface area contributed by atoms with E-state index in [-0.39, 0.29) is 0 Å². The lowest BCUT2D eigenvalue weighted by molar-refractivity contribution is 1.18. The quantitative estimate of drug-likeness (QED) is 0.448. The maximum absolute atomic E-state index is 5.55. The zero-order valence-electron chi connectivity index (χ0n) is 7.34. The molecule has 0 N–H and O–H groups in total. The lowest BCUT2D eigenvalue weighted by atomic mass is 10.1. The van der Waals surface area contributed by atoms with Crippen LogP contribution in [0.2, 0.25) is 0 Å². The van der Waals surface area contributed by atoms with E-state index in [9.17, 15) is 0 Å². The number of hydrogen-bond acceptors (Lipinski definition) is 0. The highest BCUT2D eigenvalue weighted by Gasteiger charge is 1.88. The summed E-state index contributed by atoms with van der Waals surface area (Å²) in [7, 11) is 0. The van der Waals surface area contributed by atoms with E-state index in [1.807, 2.05) is 0 Å². The molecular weight excluding hydrogens is 294 g/mol. The predicted molar refractivity (Wildman–Crippen MR) is 67.3 cm³/mol. The van der Waals surface area contributed by atoms with Gasteiger partial charge >= 0.3 is 0 Å². The fourth-order valence-electron chi connectivity index (χ4n) is 1.02. The molecule has 0 bridgehead atoms. The largest absolute Gasteiger partial charge is 0.126 e. The molecule has 2 heteroatoms. The van der Waals surface area contributed by atoms with Crippen molar-refractivity contribution in [3.05, 3.63) is 45.6 Å². The molecule has 0 saturated heterocycles. The average molecular weight is 307 g/mol. The minimum atomic E-state index is 0.711. The van der Waals surface area contributed by atoms with Crippen LogP contribution in [0, 0.1) is 3.57 Å². The van der Waals surface area contributed by atoms with Crippen molar-refractivity contribution in [3.63, 3.8) is 0 Å². The van der Waals surface area contributed by atoms with Crippen LogP contribution in [0.1, 0.15) is 12.0 Å². The van der Waals surface area contributed by atoms with E-state index >= 15 is 0 Å². The number of hydrogen-bond donors (Lipinski definition) is 0. The zero-order valence-corrected chi connectivity index (χ0v) is 10.3. The molecule has 0 saturated carbocycles. The fraction of sp³-hybridized carbons (Fsp3) is 0.273. The van der Waals surface area contributed by atoms with E-state index in [1.54, 1.807) is 0 Å². The molecule has 0 radical (unpaired) electrons. The highest BCUT2D eigenvalue weighted by atomic mass is 127. The Morgan fingerprint density at radius 3 is 2.46 bits per heavy atom. The Bertz CT molecular complexity index is 264. The summed E-state index contributed by atoms with van der Waals surface area (Å²) < 4.78 is 1.28. The lowest BCUT2D eigenvalue weighted by Crippen LogP contribution is -1.80. The Morgan fingerprint density at radius 1 is 1.15 bits per heavy atom. The summed E-state index contributed by atoms with van der Waals surface area (Å²) in [4.78, 5) is 0. The highest BCUT2D eigenvalue weighted by Crippen LogP contribution is 2.07. The standard InChI is InChI=1S/C11H12ClI/c12-9-3-1-2-4-10-5-7-11(13)8-6-10/h1-2,5-8H,3-4,9H2. The predicted octanol–water partition coefficient (Wildman–Crippen LogP) is 4.02. The number of rotatable bonds is 4. The number of benzene rings is 1. The van der Waals surface area contributed by atoms with E-state index in [2.05, 4.69) is 59.0 Å². The number of halogens is 2. The first-order valence-corrected chi connectivity index (χ1v) is 5.89. The van der Waals surface area contributed by atoms with Gasteiger partial charge in [0.2, 0.25) is 0 Å². The lowest BCUT2D eigenvalue weighted by Gasteiger charge is -1.95. The van der Waals surface area contributed by atoms with Crippen LogP contribution >= 0.6 is 34.2 Å². The van der Waals surface area contributed by atoms with Gasteiger partial charge in [-0.1, -0.05) is 24.3 Å². The molecule has 0 aromatic heterocycles. The molecule has 0 aliphatic rings. The van der Waals surface area contributed by atoms with Crippen LogP contribution in [-0.4, -0.2) is 5.88 Å². The van der Waals surface area contributed by atoms with Crippen LogP contribution in [0.5, 0.6) is 0 Å².